The molecule has 1 atom stereocenters. The Morgan fingerprint density at radius 1 is 1.00 bits per heavy atom. The number of aliphatic hydroxyl groups is 1. The number of hydrogen-bond donors (Lipinski definition) is 3. The second-order valence-electron chi connectivity index (χ2n) is 9.10. The van der Waals surface area contributed by atoms with E-state index in [4.69, 9.17) is 5.73 Å². The summed E-state index contributed by atoms with van der Waals surface area (Å²) in [4.78, 5) is 2.41. The molecule has 1 saturated heterocycles. The highest BCUT2D eigenvalue weighted by molar-refractivity contribution is 5.81. The summed E-state index contributed by atoms with van der Waals surface area (Å²) in [6.07, 6.45) is -1.43. The van der Waals surface area contributed by atoms with Crippen molar-refractivity contribution in [1.82, 2.24) is 10.2 Å². The van der Waals surface area contributed by atoms with Crippen LogP contribution < -0.4 is 11.1 Å². The van der Waals surface area contributed by atoms with Crippen molar-refractivity contribution >= 4 is 0 Å². The van der Waals surface area contributed by atoms with Crippen molar-refractivity contribution in [2.45, 2.75) is 56.0 Å². The summed E-state index contributed by atoms with van der Waals surface area (Å²) >= 11 is 0. The first-order valence-corrected chi connectivity index (χ1v) is 11.5. The first-order valence-electron chi connectivity index (χ1n) is 11.5. The molecule has 4 rings (SSSR count). The molecule has 2 aromatic rings. The maximum atomic E-state index is 13.0. The van der Waals surface area contributed by atoms with Crippen molar-refractivity contribution in [3.8, 4) is 11.1 Å². The fourth-order valence-corrected chi connectivity index (χ4v) is 5.36. The highest BCUT2D eigenvalue weighted by atomic mass is 19.4. The van der Waals surface area contributed by atoms with Gasteiger partial charge < -0.3 is 15.7 Å². The van der Waals surface area contributed by atoms with E-state index in [2.05, 4.69) is 10.2 Å². The van der Waals surface area contributed by atoms with Crippen LogP contribution in [0.3, 0.4) is 0 Å². The highest BCUT2D eigenvalue weighted by Crippen LogP contribution is 2.52. The van der Waals surface area contributed by atoms with Crippen molar-refractivity contribution in [2.24, 2.45) is 5.73 Å². The lowest BCUT2D eigenvalue weighted by molar-refractivity contribution is -0.133. The number of aliphatic hydroxyl groups excluding tert-OH is 1. The molecule has 1 unspecified atom stereocenters. The molecule has 0 aromatic heterocycles. The first-order chi connectivity index (χ1) is 15.3. The number of nitrogens with zero attached hydrogens (tertiary/aromatic N) is 1. The van der Waals surface area contributed by atoms with Gasteiger partial charge in [0.1, 0.15) is 6.23 Å². The quantitative estimate of drug-likeness (QED) is 0.423. The summed E-state index contributed by atoms with van der Waals surface area (Å²) < 4.78 is 38.9. The monoisotopic (exact) mass is 447 g/mol. The van der Waals surface area contributed by atoms with Gasteiger partial charge >= 0.3 is 6.18 Å². The zero-order valence-electron chi connectivity index (χ0n) is 18.2. The van der Waals surface area contributed by atoms with E-state index in [-0.39, 0.29) is 6.04 Å². The molecule has 1 heterocycles. The average molecular weight is 448 g/mol. The van der Waals surface area contributed by atoms with E-state index < -0.39 is 24.4 Å². The van der Waals surface area contributed by atoms with Gasteiger partial charge in [-0.25, -0.2) is 0 Å². The average Bonchev–Trinajstić information content (AvgIpc) is 3.07. The van der Waals surface area contributed by atoms with Crippen LogP contribution in [0.5, 0.6) is 0 Å². The summed E-state index contributed by atoms with van der Waals surface area (Å²) in [5.41, 5.74) is 8.84. The van der Waals surface area contributed by atoms with Crippen LogP contribution >= 0.6 is 0 Å². The third-order valence-corrected chi connectivity index (χ3v) is 7.00. The normalized spacial score (nSPS) is 19.5. The predicted octanol–water partition coefficient (Wildman–Crippen LogP) is 4.02. The minimum absolute atomic E-state index is 0.288. The lowest BCUT2D eigenvalue weighted by Crippen LogP contribution is -2.51. The smallest absolute Gasteiger partial charge is 0.377 e. The number of alkyl halides is 3. The van der Waals surface area contributed by atoms with Crippen molar-refractivity contribution in [1.29, 1.82) is 0 Å². The van der Waals surface area contributed by atoms with Gasteiger partial charge in [0.2, 0.25) is 0 Å². The lowest BCUT2D eigenvalue weighted by Gasteiger charge is -2.38. The molecule has 2 aromatic carbocycles. The molecule has 32 heavy (non-hydrogen) atoms. The van der Waals surface area contributed by atoms with E-state index in [1.54, 1.807) is 0 Å². The predicted molar refractivity (Wildman–Crippen MR) is 120 cm³/mol. The largest absolute Gasteiger partial charge is 0.401 e. The van der Waals surface area contributed by atoms with Crippen molar-refractivity contribution < 1.29 is 18.3 Å². The van der Waals surface area contributed by atoms with Gasteiger partial charge in [-0.05, 0) is 67.6 Å². The molecule has 1 fully saturated rings. The Labute approximate surface area is 187 Å². The van der Waals surface area contributed by atoms with Gasteiger partial charge in [-0.2, -0.15) is 13.2 Å². The van der Waals surface area contributed by atoms with Gasteiger partial charge in [-0.3, -0.25) is 5.32 Å². The number of nitrogens with two attached hydrogens (primary N) is 1. The third kappa shape index (κ3) is 4.71. The number of hydrogen-bond acceptors (Lipinski definition) is 4. The molecule has 1 aliphatic carbocycles. The number of halogens is 3. The number of rotatable bonds is 8. The van der Waals surface area contributed by atoms with Crippen molar-refractivity contribution in [3.05, 3.63) is 59.7 Å². The third-order valence-electron chi connectivity index (χ3n) is 7.00. The maximum absolute atomic E-state index is 13.0. The number of nitrogens with one attached hydrogen (secondary N) is 1. The van der Waals surface area contributed by atoms with Gasteiger partial charge in [0.05, 0.1) is 12.0 Å². The number of benzene rings is 2. The van der Waals surface area contributed by atoms with Gasteiger partial charge in [0.15, 0.2) is 0 Å². The van der Waals surface area contributed by atoms with Gasteiger partial charge in [-0.15, -0.1) is 0 Å². The Morgan fingerprint density at radius 2 is 1.56 bits per heavy atom. The Bertz CT molecular complexity index is 864. The Balaban J connectivity index is 1.57. The van der Waals surface area contributed by atoms with Gasteiger partial charge in [0, 0.05) is 6.04 Å². The second-order valence-corrected chi connectivity index (χ2v) is 9.10. The Kier molecular flexibility index (Phi) is 6.91. The lowest BCUT2D eigenvalue weighted by atomic mass is 9.72. The molecular formula is C25H32F3N3O. The molecule has 0 amide bonds. The fourth-order valence-electron chi connectivity index (χ4n) is 5.36. The summed E-state index contributed by atoms with van der Waals surface area (Å²) in [7, 11) is 0. The maximum Gasteiger partial charge on any atom is 0.401 e. The number of unbranched alkanes of at least 4 members (excludes halogenated alkanes) is 1. The minimum atomic E-state index is -4.39. The molecule has 174 valence electrons. The zero-order chi connectivity index (χ0) is 22.8. The summed E-state index contributed by atoms with van der Waals surface area (Å²) in [5.74, 6) is 0. The molecule has 0 bridgehead atoms. The van der Waals surface area contributed by atoms with Crippen molar-refractivity contribution in [3.63, 3.8) is 0 Å². The summed E-state index contributed by atoms with van der Waals surface area (Å²) in [6.45, 7) is 1.70. The van der Waals surface area contributed by atoms with Gasteiger partial charge in [-0.1, -0.05) is 55.0 Å². The van der Waals surface area contributed by atoms with Crippen LogP contribution in [-0.4, -0.2) is 54.6 Å². The van der Waals surface area contributed by atoms with E-state index in [0.717, 1.165) is 67.6 Å². The SMILES string of the molecule is NC1CCN(CCCCC2(C(O)NCC(F)(F)F)c3ccccc3-c3ccccc32)CC1. The van der Waals surface area contributed by atoms with Crippen LogP contribution in [-0.2, 0) is 5.41 Å². The molecule has 0 saturated carbocycles. The van der Waals surface area contributed by atoms with Crippen LogP contribution in [0.1, 0.15) is 43.2 Å². The van der Waals surface area contributed by atoms with Crippen molar-refractivity contribution in [2.75, 3.05) is 26.2 Å². The van der Waals surface area contributed by atoms with Crippen LogP contribution in [0.15, 0.2) is 48.5 Å². The molecule has 1 aliphatic heterocycles. The van der Waals surface area contributed by atoms with Crippen LogP contribution in [0.4, 0.5) is 13.2 Å². The highest BCUT2D eigenvalue weighted by Gasteiger charge is 2.48. The molecule has 7 heteroatoms. The Morgan fingerprint density at radius 3 is 2.12 bits per heavy atom. The molecule has 0 spiro atoms. The number of fused-ring (bicyclic) bond motifs is 3. The fraction of sp³-hybridized carbons (Fsp3) is 0.520. The summed E-state index contributed by atoms with van der Waals surface area (Å²) in [5, 5.41) is 13.6. The Hall–Kier alpha value is -1.93. The van der Waals surface area contributed by atoms with Crippen LogP contribution in [0, 0.1) is 0 Å². The molecule has 4 N–H and O–H groups in total. The topological polar surface area (TPSA) is 61.5 Å². The molecule has 4 nitrogen and oxygen atoms in total. The van der Waals surface area contributed by atoms with E-state index in [1.165, 1.54) is 0 Å². The first kappa shape index (κ1) is 23.2. The van der Waals surface area contributed by atoms with E-state index in [9.17, 15) is 18.3 Å². The molecular weight excluding hydrogens is 415 g/mol. The molecule has 0 radical (unpaired) electrons. The number of piperidine rings is 1. The van der Waals surface area contributed by atoms with E-state index >= 15 is 0 Å². The van der Waals surface area contributed by atoms with E-state index in [1.807, 2.05) is 48.5 Å². The minimum Gasteiger partial charge on any atom is -0.377 e. The molecule has 2 aliphatic rings. The van der Waals surface area contributed by atoms with E-state index in [0.29, 0.717) is 6.42 Å². The standard InChI is InChI=1S/C25H32F3N3O/c26-25(27,28)17-30-23(32)24(13-5-6-14-31-15-11-18(29)12-16-31)21-9-3-1-7-19(21)20-8-2-4-10-22(20)24/h1-4,7-10,18,23,30,32H,5-6,11-17,29H2. The second kappa shape index (κ2) is 9.51. The van der Waals surface area contributed by atoms with Crippen LogP contribution in [0.2, 0.25) is 0 Å². The number of likely N-dealkylation sites (tertiary alicyclic amines) is 1. The summed E-state index contributed by atoms with van der Waals surface area (Å²) in [6, 6.07) is 15.8. The zero-order valence-corrected chi connectivity index (χ0v) is 18.2. The van der Waals surface area contributed by atoms with Gasteiger partial charge in [0.25, 0.3) is 0 Å². The van der Waals surface area contributed by atoms with Crippen LogP contribution in [0.25, 0.3) is 11.1 Å².